The lowest BCUT2D eigenvalue weighted by molar-refractivity contribution is -0.143. The minimum absolute atomic E-state index is 0.0780. The van der Waals surface area contributed by atoms with Crippen molar-refractivity contribution in [2.75, 3.05) is 11.4 Å². The number of alkyl halides is 3. The number of pyridine rings is 1. The predicted molar refractivity (Wildman–Crippen MR) is 71.5 cm³/mol. The Hall–Kier alpha value is -1.50. The number of halogens is 4. The second kappa shape index (κ2) is 5.36. The molecule has 0 radical (unpaired) electrons. The van der Waals surface area contributed by atoms with Gasteiger partial charge in [-0.15, -0.1) is 0 Å². The first kappa shape index (κ1) is 15.9. The van der Waals surface area contributed by atoms with Crippen LogP contribution in [0.5, 0.6) is 0 Å². The number of rotatable bonds is 2. The van der Waals surface area contributed by atoms with E-state index in [0.717, 1.165) is 18.9 Å². The minimum atomic E-state index is -4.53. The van der Waals surface area contributed by atoms with Crippen molar-refractivity contribution in [2.45, 2.75) is 37.9 Å². The number of nitrogens with zero attached hydrogens (tertiary/aromatic N) is 2. The van der Waals surface area contributed by atoms with Crippen molar-refractivity contribution in [1.29, 1.82) is 0 Å². The molecule has 1 unspecified atom stereocenters. The van der Waals surface area contributed by atoms with Gasteiger partial charge in [0.1, 0.15) is 11.4 Å². The molecule has 2 rings (SSSR count). The lowest BCUT2D eigenvalue weighted by atomic mass is 9.88. The van der Waals surface area contributed by atoms with E-state index in [4.69, 9.17) is 11.6 Å². The standard InChI is InChI=1S/C13H14ClF3N2O2/c1-12(11(20)21)4-2-3-5-19(12)10-9(14)6-8(7-18-10)13(15,16)17/h6-7H,2-5H2,1H3,(H,20,21). The van der Waals surface area contributed by atoms with E-state index in [-0.39, 0.29) is 10.8 Å². The van der Waals surface area contributed by atoms with E-state index in [9.17, 15) is 23.1 Å². The maximum absolute atomic E-state index is 12.6. The molecule has 1 aliphatic rings. The fourth-order valence-electron chi connectivity index (χ4n) is 2.47. The van der Waals surface area contributed by atoms with E-state index < -0.39 is 23.2 Å². The molecule has 1 aromatic heterocycles. The molecule has 0 spiro atoms. The summed E-state index contributed by atoms with van der Waals surface area (Å²) in [7, 11) is 0. The van der Waals surface area contributed by atoms with Gasteiger partial charge in [-0.25, -0.2) is 9.78 Å². The third kappa shape index (κ3) is 2.92. The van der Waals surface area contributed by atoms with Crippen molar-refractivity contribution in [3.63, 3.8) is 0 Å². The topological polar surface area (TPSA) is 53.4 Å². The van der Waals surface area contributed by atoms with Gasteiger partial charge in [0.25, 0.3) is 0 Å². The van der Waals surface area contributed by atoms with Crippen molar-refractivity contribution in [3.05, 3.63) is 22.8 Å². The smallest absolute Gasteiger partial charge is 0.417 e. The lowest BCUT2D eigenvalue weighted by Crippen LogP contribution is -2.55. The molecule has 21 heavy (non-hydrogen) atoms. The molecule has 0 aliphatic carbocycles. The van der Waals surface area contributed by atoms with Gasteiger partial charge < -0.3 is 10.0 Å². The molecule has 0 aromatic carbocycles. The van der Waals surface area contributed by atoms with Gasteiger partial charge in [-0.2, -0.15) is 13.2 Å². The van der Waals surface area contributed by atoms with Crippen LogP contribution in [-0.2, 0) is 11.0 Å². The fourth-order valence-corrected chi connectivity index (χ4v) is 2.74. The number of piperidine rings is 1. The number of carboxylic acid groups (broad SMARTS) is 1. The van der Waals surface area contributed by atoms with Gasteiger partial charge in [0.15, 0.2) is 0 Å². The van der Waals surface area contributed by atoms with Crippen molar-refractivity contribution in [2.24, 2.45) is 0 Å². The number of hydrogen-bond acceptors (Lipinski definition) is 3. The Morgan fingerprint density at radius 1 is 1.48 bits per heavy atom. The van der Waals surface area contributed by atoms with E-state index >= 15 is 0 Å². The summed E-state index contributed by atoms with van der Waals surface area (Å²) in [4.78, 5) is 16.7. The molecule has 0 saturated carbocycles. The Morgan fingerprint density at radius 2 is 2.14 bits per heavy atom. The molecular formula is C13H14ClF3N2O2. The minimum Gasteiger partial charge on any atom is -0.480 e. The molecule has 1 aromatic rings. The molecule has 1 atom stereocenters. The Kier molecular flexibility index (Phi) is 4.06. The molecule has 1 saturated heterocycles. The Bertz CT molecular complexity index is 565. The number of aliphatic carboxylic acids is 1. The van der Waals surface area contributed by atoms with Gasteiger partial charge >= 0.3 is 12.1 Å². The molecular weight excluding hydrogens is 309 g/mol. The first-order valence-electron chi connectivity index (χ1n) is 6.40. The predicted octanol–water partition coefficient (Wildman–Crippen LogP) is 3.59. The van der Waals surface area contributed by atoms with Crippen molar-refractivity contribution < 1.29 is 23.1 Å². The highest BCUT2D eigenvalue weighted by atomic mass is 35.5. The highest BCUT2D eigenvalue weighted by molar-refractivity contribution is 6.33. The highest BCUT2D eigenvalue weighted by Gasteiger charge is 2.43. The largest absolute Gasteiger partial charge is 0.480 e. The first-order valence-corrected chi connectivity index (χ1v) is 6.78. The summed E-state index contributed by atoms with van der Waals surface area (Å²) in [5, 5.41) is 9.22. The fraction of sp³-hybridized carbons (Fsp3) is 0.538. The second-order valence-electron chi connectivity index (χ2n) is 5.21. The second-order valence-corrected chi connectivity index (χ2v) is 5.62. The van der Waals surface area contributed by atoms with Crippen LogP contribution in [0.25, 0.3) is 0 Å². The zero-order valence-electron chi connectivity index (χ0n) is 11.2. The molecule has 8 heteroatoms. The van der Waals surface area contributed by atoms with Crippen LogP contribution in [0.4, 0.5) is 19.0 Å². The average molecular weight is 323 g/mol. The van der Waals surface area contributed by atoms with Crippen molar-refractivity contribution >= 4 is 23.4 Å². The van der Waals surface area contributed by atoms with Gasteiger partial charge in [0.2, 0.25) is 0 Å². The summed E-state index contributed by atoms with van der Waals surface area (Å²) in [5.41, 5.74) is -2.17. The number of carbonyl (C=O) groups is 1. The summed E-state index contributed by atoms with van der Waals surface area (Å²) in [5.74, 6) is -0.964. The van der Waals surface area contributed by atoms with Crippen molar-refractivity contribution in [1.82, 2.24) is 4.98 Å². The lowest BCUT2D eigenvalue weighted by Gasteiger charge is -2.42. The van der Waals surface area contributed by atoms with Crippen LogP contribution in [0, 0.1) is 0 Å². The maximum atomic E-state index is 12.6. The Balaban J connectivity index is 2.43. The van der Waals surface area contributed by atoms with Crippen LogP contribution in [0.1, 0.15) is 31.7 Å². The highest BCUT2D eigenvalue weighted by Crippen LogP contribution is 2.38. The summed E-state index contributed by atoms with van der Waals surface area (Å²) in [6, 6.07) is 0.779. The molecule has 1 N–H and O–H groups in total. The van der Waals surface area contributed by atoms with Gasteiger partial charge in [-0.1, -0.05) is 11.6 Å². The first-order chi connectivity index (χ1) is 9.66. The van der Waals surface area contributed by atoms with Gasteiger partial charge in [0, 0.05) is 12.7 Å². The van der Waals surface area contributed by atoms with Crippen LogP contribution in [-0.4, -0.2) is 28.1 Å². The normalized spacial score (nSPS) is 23.2. The quantitative estimate of drug-likeness (QED) is 0.904. The monoisotopic (exact) mass is 322 g/mol. The van der Waals surface area contributed by atoms with E-state index in [0.29, 0.717) is 19.2 Å². The van der Waals surface area contributed by atoms with Crippen LogP contribution in [0.15, 0.2) is 12.3 Å². The number of hydrogen-bond donors (Lipinski definition) is 1. The van der Waals surface area contributed by atoms with Crippen LogP contribution < -0.4 is 4.90 Å². The van der Waals surface area contributed by atoms with E-state index in [2.05, 4.69) is 4.98 Å². The molecule has 1 aliphatic heterocycles. The zero-order valence-corrected chi connectivity index (χ0v) is 12.0. The molecule has 2 heterocycles. The SMILES string of the molecule is CC1(C(=O)O)CCCCN1c1ncc(C(F)(F)F)cc1Cl. The molecule has 116 valence electrons. The van der Waals surface area contributed by atoms with E-state index in [1.54, 1.807) is 0 Å². The third-order valence-electron chi connectivity index (χ3n) is 3.76. The van der Waals surface area contributed by atoms with Crippen LogP contribution in [0.3, 0.4) is 0 Å². The molecule has 4 nitrogen and oxygen atoms in total. The Morgan fingerprint density at radius 3 is 2.67 bits per heavy atom. The third-order valence-corrected chi connectivity index (χ3v) is 4.03. The van der Waals surface area contributed by atoms with Gasteiger partial charge in [-0.05, 0) is 32.3 Å². The van der Waals surface area contributed by atoms with E-state index in [1.807, 2.05) is 0 Å². The van der Waals surface area contributed by atoms with Gasteiger partial charge in [0.05, 0.1) is 10.6 Å². The number of carboxylic acids is 1. The summed E-state index contributed by atoms with van der Waals surface area (Å²) < 4.78 is 37.8. The zero-order chi connectivity index (χ0) is 15.8. The summed E-state index contributed by atoms with van der Waals surface area (Å²) in [6.07, 6.45) is -1.99. The number of aromatic nitrogens is 1. The summed E-state index contributed by atoms with van der Waals surface area (Å²) >= 11 is 5.90. The summed E-state index contributed by atoms with van der Waals surface area (Å²) in [6.45, 7) is 1.92. The maximum Gasteiger partial charge on any atom is 0.417 e. The molecule has 1 fully saturated rings. The molecule has 0 bridgehead atoms. The molecule has 0 amide bonds. The Labute approximate surface area is 124 Å². The average Bonchev–Trinajstić information content (AvgIpc) is 2.38. The number of anilines is 1. The van der Waals surface area contributed by atoms with Crippen LogP contribution in [0.2, 0.25) is 5.02 Å². The van der Waals surface area contributed by atoms with Crippen molar-refractivity contribution in [3.8, 4) is 0 Å². The van der Waals surface area contributed by atoms with E-state index in [1.165, 1.54) is 11.8 Å². The van der Waals surface area contributed by atoms with Gasteiger partial charge in [-0.3, -0.25) is 0 Å². The van der Waals surface area contributed by atoms with Crippen LogP contribution >= 0.6 is 11.6 Å².